The summed E-state index contributed by atoms with van der Waals surface area (Å²) in [6.07, 6.45) is 0.0750. The van der Waals surface area contributed by atoms with Gasteiger partial charge in [0.25, 0.3) is 0 Å². The number of anilines is 2. The van der Waals surface area contributed by atoms with Gasteiger partial charge in [0.15, 0.2) is 5.82 Å². The van der Waals surface area contributed by atoms with Gasteiger partial charge >= 0.3 is 5.97 Å². The molecular formula is C10H15N3O2. The van der Waals surface area contributed by atoms with Crippen LogP contribution in [-0.4, -0.2) is 29.7 Å². The zero-order valence-electron chi connectivity index (χ0n) is 8.90. The van der Waals surface area contributed by atoms with Crippen LogP contribution >= 0.6 is 0 Å². The largest absolute Gasteiger partial charge is 0.481 e. The summed E-state index contributed by atoms with van der Waals surface area (Å²) in [4.78, 5) is 16.4. The van der Waals surface area contributed by atoms with E-state index in [-0.39, 0.29) is 6.42 Å². The van der Waals surface area contributed by atoms with Crippen molar-refractivity contribution in [2.75, 3.05) is 24.2 Å². The first-order chi connectivity index (χ1) is 7.00. The van der Waals surface area contributed by atoms with E-state index in [9.17, 15) is 4.79 Å². The first kappa shape index (κ1) is 11.3. The molecule has 0 fully saturated rings. The Morgan fingerprint density at radius 1 is 1.60 bits per heavy atom. The zero-order chi connectivity index (χ0) is 11.4. The van der Waals surface area contributed by atoms with Crippen molar-refractivity contribution in [3.8, 4) is 0 Å². The predicted molar refractivity (Wildman–Crippen MR) is 58.9 cm³/mol. The molecule has 0 unspecified atom stereocenters. The number of carboxylic acid groups (broad SMARTS) is 1. The van der Waals surface area contributed by atoms with Crippen LogP contribution in [0.5, 0.6) is 0 Å². The fraction of sp³-hybridized carbons (Fsp3) is 0.400. The monoisotopic (exact) mass is 209 g/mol. The lowest BCUT2D eigenvalue weighted by atomic mass is 10.3. The number of hydrogen-bond acceptors (Lipinski definition) is 4. The number of nitrogens with zero attached hydrogens (tertiary/aromatic N) is 2. The lowest BCUT2D eigenvalue weighted by Crippen LogP contribution is -2.23. The van der Waals surface area contributed by atoms with Gasteiger partial charge in [0.1, 0.15) is 0 Å². The average molecular weight is 209 g/mol. The average Bonchev–Trinajstić information content (AvgIpc) is 2.18. The van der Waals surface area contributed by atoms with Crippen molar-refractivity contribution in [1.82, 2.24) is 4.98 Å². The smallest absolute Gasteiger partial charge is 0.305 e. The Labute approximate surface area is 88.5 Å². The number of carboxylic acids is 1. The third-order valence-electron chi connectivity index (χ3n) is 2.07. The minimum Gasteiger partial charge on any atom is -0.481 e. The van der Waals surface area contributed by atoms with Crippen molar-refractivity contribution in [2.24, 2.45) is 0 Å². The van der Waals surface area contributed by atoms with Crippen LogP contribution in [0.3, 0.4) is 0 Å². The fourth-order valence-corrected chi connectivity index (χ4v) is 1.23. The van der Waals surface area contributed by atoms with Crippen molar-refractivity contribution in [2.45, 2.75) is 13.3 Å². The maximum Gasteiger partial charge on any atom is 0.305 e. The van der Waals surface area contributed by atoms with Gasteiger partial charge in [-0.1, -0.05) is 0 Å². The van der Waals surface area contributed by atoms with Crippen LogP contribution in [-0.2, 0) is 4.79 Å². The highest BCUT2D eigenvalue weighted by Crippen LogP contribution is 2.19. The number of hydrogen-bond donors (Lipinski definition) is 2. The molecule has 5 nitrogen and oxygen atoms in total. The molecule has 0 bridgehead atoms. The molecule has 0 atom stereocenters. The van der Waals surface area contributed by atoms with Crippen molar-refractivity contribution in [3.05, 3.63) is 17.8 Å². The Morgan fingerprint density at radius 2 is 2.27 bits per heavy atom. The van der Waals surface area contributed by atoms with E-state index in [1.807, 2.05) is 13.0 Å². The molecule has 0 radical (unpaired) electrons. The number of rotatable bonds is 4. The molecule has 0 aliphatic heterocycles. The number of pyridine rings is 1. The SMILES string of the molecule is Cc1ccc(N)c(N(C)CCC(=O)O)n1. The molecule has 1 rings (SSSR count). The van der Waals surface area contributed by atoms with E-state index in [1.165, 1.54) is 0 Å². The van der Waals surface area contributed by atoms with Crippen LogP contribution in [0.1, 0.15) is 12.1 Å². The third-order valence-corrected chi connectivity index (χ3v) is 2.07. The second kappa shape index (κ2) is 4.63. The quantitative estimate of drug-likeness (QED) is 0.769. The molecule has 0 saturated heterocycles. The number of aromatic nitrogens is 1. The van der Waals surface area contributed by atoms with Crippen molar-refractivity contribution in [1.29, 1.82) is 0 Å². The minimum absolute atomic E-state index is 0.0750. The highest BCUT2D eigenvalue weighted by molar-refractivity contribution is 5.68. The summed E-state index contributed by atoms with van der Waals surface area (Å²) in [5, 5.41) is 8.55. The number of aliphatic carboxylic acids is 1. The van der Waals surface area contributed by atoms with Crippen LogP contribution in [0.4, 0.5) is 11.5 Å². The summed E-state index contributed by atoms with van der Waals surface area (Å²) in [7, 11) is 1.78. The third kappa shape index (κ3) is 3.12. The van der Waals surface area contributed by atoms with Gasteiger partial charge in [0, 0.05) is 19.3 Å². The molecule has 1 heterocycles. The molecule has 1 aromatic rings. The van der Waals surface area contributed by atoms with Gasteiger partial charge in [-0.3, -0.25) is 4.79 Å². The highest BCUT2D eigenvalue weighted by Gasteiger charge is 2.08. The lowest BCUT2D eigenvalue weighted by Gasteiger charge is -2.19. The summed E-state index contributed by atoms with van der Waals surface area (Å²) in [6.45, 7) is 2.27. The standard InChI is InChI=1S/C10H15N3O2/c1-7-3-4-8(11)10(12-7)13(2)6-5-9(14)15/h3-4H,5-6,11H2,1-2H3,(H,14,15). The lowest BCUT2D eigenvalue weighted by molar-refractivity contribution is -0.136. The Kier molecular flexibility index (Phi) is 3.49. The van der Waals surface area contributed by atoms with E-state index in [0.29, 0.717) is 18.1 Å². The van der Waals surface area contributed by atoms with Crippen molar-refractivity contribution < 1.29 is 9.90 Å². The molecule has 0 amide bonds. The van der Waals surface area contributed by atoms with Crippen LogP contribution in [0.25, 0.3) is 0 Å². The molecule has 0 aromatic carbocycles. The molecule has 0 aliphatic rings. The number of nitrogens with two attached hydrogens (primary N) is 1. The molecule has 0 aliphatic carbocycles. The van der Waals surface area contributed by atoms with Crippen molar-refractivity contribution >= 4 is 17.5 Å². The molecule has 1 aromatic heterocycles. The van der Waals surface area contributed by atoms with Crippen molar-refractivity contribution in [3.63, 3.8) is 0 Å². The Morgan fingerprint density at radius 3 is 2.87 bits per heavy atom. The number of aryl methyl sites for hydroxylation is 1. The maximum atomic E-state index is 10.4. The van der Waals surface area contributed by atoms with E-state index in [2.05, 4.69) is 4.98 Å². The topological polar surface area (TPSA) is 79.5 Å². The van der Waals surface area contributed by atoms with E-state index in [0.717, 1.165) is 5.69 Å². The van der Waals surface area contributed by atoms with Gasteiger partial charge in [0.2, 0.25) is 0 Å². The summed E-state index contributed by atoms with van der Waals surface area (Å²) in [6, 6.07) is 3.60. The van der Waals surface area contributed by atoms with Crippen LogP contribution < -0.4 is 10.6 Å². The van der Waals surface area contributed by atoms with Gasteiger partial charge in [0.05, 0.1) is 12.1 Å². The Bertz CT molecular complexity index is 366. The minimum atomic E-state index is -0.826. The van der Waals surface area contributed by atoms with E-state index in [1.54, 1.807) is 18.0 Å². The van der Waals surface area contributed by atoms with E-state index >= 15 is 0 Å². The Hall–Kier alpha value is -1.78. The van der Waals surface area contributed by atoms with Crippen LogP contribution in [0, 0.1) is 6.92 Å². The first-order valence-electron chi connectivity index (χ1n) is 4.66. The second-order valence-electron chi connectivity index (χ2n) is 3.43. The molecule has 3 N–H and O–H groups in total. The van der Waals surface area contributed by atoms with Crippen LogP contribution in [0.2, 0.25) is 0 Å². The van der Waals surface area contributed by atoms with Gasteiger partial charge in [-0.15, -0.1) is 0 Å². The van der Waals surface area contributed by atoms with Gasteiger partial charge in [-0.2, -0.15) is 0 Å². The number of nitrogen functional groups attached to an aromatic ring is 1. The summed E-state index contributed by atoms with van der Waals surface area (Å²) in [5.74, 6) is -0.190. The second-order valence-corrected chi connectivity index (χ2v) is 3.43. The van der Waals surface area contributed by atoms with E-state index < -0.39 is 5.97 Å². The first-order valence-corrected chi connectivity index (χ1v) is 4.66. The van der Waals surface area contributed by atoms with Crippen LogP contribution in [0.15, 0.2) is 12.1 Å². The van der Waals surface area contributed by atoms with Gasteiger partial charge in [-0.05, 0) is 19.1 Å². The Balaban J connectivity index is 2.76. The van der Waals surface area contributed by atoms with Gasteiger partial charge < -0.3 is 15.7 Å². The molecule has 5 heteroatoms. The summed E-state index contributed by atoms with van der Waals surface area (Å²) in [5.41, 5.74) is 7.17. The van der Waals surface area contributed by atoms with E-state index in [4.69, 9.17) is 10.8 Å². The summed E-state index contributed by atoms with van der Waals surface area (Å²) < 4.78 is 0. The highest BCUT2D eigenvalue weighted by atomic mass is 16.4. The fourth-order valence-electron chi connectivity index (χ4n) is 1.23. The summed E-state index contributed by atoms with van der Waals surface area (Å²) >= 11 is 0. The normalized spacial score (nSPS) is 10.0. The molecule has 82 valence electrons. The molecule has 0 saturated carbocycles. The maximum absolute atomic E-state index is 10.4. The molecule has 0 spiro atoms. The van der Waals surface area contributed by atoms with Gasteiger partial charge in [-0.25, -0.2) is 4.98 Å². The molecular weight excluding hydrogens is 194 g/mol. The number of carbonyl (C=O) groups is 1. The predicted octanol–water partition coefficient (Wildman–Crippen LogP) is 0.883. The zero-order valence-corrected chi connectivity index (χ0v) is 8.90. The molecule has 15 heavy (non-hydrogen) atoms.